The zero-order valence-corrected chi connectivity index (χ0v) is 17.0. The predicted octanol–water partition coefficient (Wildman–Crippen LogP) is 2.02. The number of hydrogen-bond acceptors (Lipinski definition) is 5. The van der Waals surface area contributed by atoms with Gasteiger partial charge in [-0.25, -0.2) is 0 Å². The SMILES string of the molecule is CSCCNC(=NCCCn1ccnn1)NCCc1ccco1.I. The summed E-state index contributed by atoms with van der Waals surface area (Å²) in [5.41, 5.74) is 0. The van der Waals surface area contributed by atoms with Crippen LogP contribution in [-0.4, -0.2) is 52.6 Å². The standard InChI is InChI=1S/C15H24N6OS.HI/c1-23-13-9-18-15(17-7-5-14-4-2-12-22-14)16-6-3-10-21-11-8-19-20-21;/h2,4,8,11-12H,3,5-7,9-10,13H2,1H3,(H2,16,17,18);1H. The van der Waals surface area contributed by atoms with Crippen LogP contribution in [0.25, 0.3) is 0 Å². The minimum absolute atomic E-state index is 0. The number of aliphatic imine (C=N–C) groups is 1. The highest BCUT2D eigenvalue weighted by Gasteiger charge is 2.00. The molecule has 2 aromatic heterocycles. The molecule has 2 rings (SSSR count). The van der Waals surface area contributed by atoms with Gasteiger partial charge in [0.25, 0.3) is 0 Å². The van der Waals surface area contributed by atoms with Gasteiger partial charge in [-0.05, 0) is 24.8 Å². The molecule has 0 saturated heterocycles. The fraction of sp³-hybridized carbons (Fsp3) is 0.533. The Labute approximate surface area is 164 Å². The summed E-state index contributed by atoms with van der Waals surface area (Å²) >= 11 is 1.81. The normalized spacial score (nSPS) is 11.1. The van der Waals surface area contributed by atoms with Crippen LogP contribution in [0.1, 0.15) is 12.2 Å². The van der Waals surface area contributed by atoms with Crippen LogP contribution in [0.4, 0.5) is 0 Å². The molecule has 0 atom stereocenters. The van der Waals surface area contributed by atoms with E-state index in [1.807, 2.05) is 34.8 Å². The molecule has 0 radical (unpaired) electrons. The van der Waals surface area contributed by atoms with Crippen molar-refractivity contribution in [3.63, 3.8) is 0 Å². The second-order valence-corrected chi connectivity index (χ2v) is 5.91. The molecule has 24 heavy (non-hydrogen) atoms. The van der Waals surface area contributed by atoms with Crippen molar-refractivity contribution >= 4 is 41.7 Å². The van der Waals surface area contributed by atoms with Crippen LogP contribution in [0, 0.1) is 0 Å². The van der Waals surface area contributed by atoms with Gasteiger partial charge in [-0.15, -0.1) is 29.1 Å². The molecule has 2 heterocycles. The van der Waals surface area contributed by atoms with Crippen LogP contribution < -0.4 is 10.6 Å². The Hall–Kier alpha value is -1.23. The van der Waals surface area contributed by atoms with Crippen LogP contribution in [-0.2, 0) is 13.0 Å². The van der Waals surface area contributed by atoms with E-state index in [-0.39, 0.29) is 24.0 Å². The molecule has 0 aliphatic carbocycles. The number of aromatic nitrogens is 3. The number of nitrogens with zero attached hydrogens (tertiary/aromatic N) is 4. The van der Waals surface area contributed by atoms with Gasteiger partial charge in [-0.3, -0.25) is 9.67 Å². The van der Waals surface area contributed by atoms with Crippen molar-refractivity contribution in [2.24, 2.45) is 4.99 Å². The molecule has 0 saturated carbocycles. The maximum atomic E-state index is 5.33. The average Bonchev–Trinajstić information content (AvgIpc) is 3.24. The van der Waals surface area contributed by atoms with Crippen molar-refractivity contribution in [3.05, 3.63) is 36.5 Å². The van der Waals surface area contributed by atoms with Crippen molar-refractivity contribution in [1.82, 2.24) is 25.6 Å². The largest absolute Gasteiger partial charge is 0.469 e. The van der Waals surface area contributed by atoms with E-state index in [9.17, 15) is 0 Å². The lowest BCUT2D eigenvalue weighted by molar-refractivity contribution is 0.506. The maximum absolute atomic E-state index is 5.33. The summed E-state index contributed by atoms with van der Waals surface area (Å²) in [7, 11) is 0. The van der Waals surface area contributed by atoms with Crippen LogP contribution in [0.15, 0.2) is 40.2 Å². The minimum atomic E-state index is 0. The highest BCUT2D eigenvalue weighted by molar-refractivity contribution is 14.0. The van der Waals surface area contributed by atoms with Crippen molar-refractivity contribution < 1.29 is 4.42 Å². The number of thioether (sulfide) groups is 1. The first-order valence-corrected chi connectivity index (χ1v) is 9.15. The monoisotopic (exact) mass is 464 g/mol. The smallest absolute Gasteiger partial charge is 0.191 e. The van der Waals surface area contributed by atoms with Crippen molar-refractivity contribution in [2.75, 3.05) is 31.6 Å². The molecule has 134 valence electrons. The van der Waals surface area contributed by atoms with E-state index in [1.54, 1.807) is 12.5 Å². The number of hydrogen-bond donors (Lipinski definition) is 2. The van der Waals surface area contributed by atoms with Gasteiger partial charge >= 0.3 is 0 Å². The molecule has 0 aliphatic heterocycles. The fourth-order valence-corrected chi connectivity index (χ4v) is 2.29. The topological polar surface area (TPSA) is 80.3 Å². The van der Waals surface area contributed by atoms with E-state index in [4.69, 9.17) is 4.42 Å². The van der Waals surface area contributed by atoms with Crippen molar-refractivity contribution in [3.8, 4) is 0 Å². The average molecular weight is 464 g/mol. The number of furan rings is 1. The Balaban J connectivity index is 0.00000288. The third kappa shape index (κ3) is 8.57. The maximum Gasteiger partial charge on any atom is 0.191 e. The molecule has 2 aromatic rings. The van der Waals surface area contributed by atoms with Crippen LogP contribution in [0.3, 0.4) is 0 Å². The molecule has 0 aliphatic rings. The molecule has 2 N–H and O–H groups in total. The molecular formula is C15H25IN6OS. The lowest BCUT2D eigenvalue weighted by atomic mass is 10.3. The molecule has 0 unspecified atom stereocenters. The van der Waals surface area contributed by atoms with E-state index in [2.05, 4.69) is 32.2 Å². The zero-order valence-electron chi connectivity index (χ0n) is 13.9. The molecule has 9 heteroatoms. The molecule has 0 bridgehead atoms. The first-order valence-electron chi connectivity index (χ1n) is 7.76. The second kappa shape index (κ2) is 13.1. The number of aryl methyl sites for hydroxylation is 1. The van der Waals surface area contributed by atoms with Crippen LogP contribution in [0.2, 0.25) is 0 Å². The lowest BCUT2D eigenvalue weighted by Gasteiger charge is -2.11. The number of guanidine groups is 1. The molecule has 7 nitrogen and oxygen atoms in total. The first-order chi connectivity index (χ1) is 11.4. The van der Waals surface area contributed by atoms with E-state index in [0.29, 0.717) is 0 Å². The van der Waals surface area contributed by atoms with Crippen LogP contribution in [0.5, 0.6) is 0 Å². The van der Waals surface area contributed by atoms with E-state index < -0.39 is 0 Å². The summed E-state index contributed by atoms with van der Waals surface area (Å²) in [6.45, 7) is 3.27. The Kier molecular flexibility index (Phi) is 11.4. The zero-order chi connectivity index (χ0) is 16.2. The molecular weight excluding hydrogens is 439 g/mol. The Morgan fingerprint density at radius 3 is 2.96 bits per heavy atom. The van der Waals surface area contributed by atoms with Gasteiger partial charge in [0.1, 0.15) is 5.76 Å². The predicted molar refractivity (Wildman–Crippen MR) is 109 cm³/mol. The summed E-state index contributed by atoms with van der Waals surface area (Å²) in [5.74, 6) is 2.88. The van der Waals surface area contributed by atoms with E-state index in [1.165, 1.54) is 0 Å². The third-order valence-corrected chi connectivity index (χ3v) is 3.74. The third-order valence-electron chi connectivity index (χ3n) is 3.13. The minimum Gasteiger partial charge on any atom is -0.469 e. The molecule has 0 spiro atoms. The van der Waals surface area contributed by atoms with E-state index >= 15 is 0 Å². The first kappa shape index (κ1) is 20.8. The summed E-state index contributed by atoms with van der Waals surface area (Å²) in [6, 6.07) is 3.89. The molecule has 0 amide bonds. The van der Waals surface area contributed by atoms with Gasteiger partial charge in [-0.2, -0.15) is 11.8 Å². The van der Waals surface area contributed by atoms with Crippen molar-refractivity contribution in [1.29, 1.82) is 0 Å². The van der Waals surface area contributed by atoms with Gasteiger partial charge in [-0.1, -0.05) is 5.21 Å². The number of rotatable bonds is 10. The summed E-state index contributed by atoms with van der Waals surface area (Å²) in [6.07, 6.45) is 9.12. The highest BCUT2D eigenvalue weighted by atomic mass is 127. The van der Waals surface area contributed by atoms with Gasteiger partial charge in [0.15, 0.2) is 5.96 Å². The van der Waals surface area contributed by atoms with Gasteiger partial charge in [0.2, 0.25) is 0 Å². The fourth-order valence-electron chi connectivity index (χ4n) is 1.98. The quantitative estimate of drug-likeness (QED) is 0.243. The molecule has 0 aromatic carbocycles. The number of nitrogens with one attached hydrogen (secondary N) is 2. The van der Waals surface area contributed by atoms with E-state index in [0.717, 1.165) is 56.5 Å². The summed E-state index contributed by atoms with van der Waals surface area (Å²) in [4.78, 5) is 4.61. The van der Waals surface area contributed by atoms with Crippen molar-refractivity contribution in [2.45, 2.75) is 19.4 Å². The summed E-state index contributed by atoms with van der Waals surface area (Å²) in [5, 5.41) is 14.4. The van der Waals surface area contributed by atoms with Crippen LogP contribution >= 0.6 is 35.7 Å². The second-order valence-electron chi connectivity index (χ2n) is 4.93. The van der Waals surface area contributed by atoms with Gasteiger partial charge < -0.3 is 15.1 Å². The Morgan fingerprint density at radius 1 is 1.38 bits per heavy atom. The summed E-state index contributed by atoms with van der Waals surface area (Å²) < 4.78 is 7.15. The van der Waals surface area contributed by atoms with Gasteiger partial charge in [0, 0.05) is 44.5 Å². The van der Waals surface area contributed by atoms with Gasteiger partial charge in [0.05, 0.1) is 12.5 Å². The molecule has 0 fully saturated rings. The Morgan fingerprint density at radius 2 is 2.25 bits per heavy atom. The Bertz CT molecular complexity index is 546. The lowest BCUT2D eigenvalue weighted by Crippen LogP contribution is -2.39. The highest BCUT2D eigenvalue weighted by Crippen LogP contribution is 1.99. The number of halogens is 1.